The van der Waals surface area contributed by atoms with E-state index < -0.39 is 0 Å². The number of nitrogens with zero attached hydrogens (tertiary/aromatic N) is 3. The van der Waals surface area contributed by atoms with Gasteiger partial charge in [0.15, 0.2) is 0 Å². The summed E-state index contributed by atoms with van der Waals surface area (Å²) < 4.78 is 18.6. The number of hydrogen-bond acceptors (Lipinski definition) is 5. The van der Waals surface area contributed by atoms with E-state index in [0.717, 1.165) is 73.8 Å². The summed E-state index contributed by atoms with van der Waals surface area (Å²) in [7, 11) is 7.44. The second-order valence-electron chi connectivity index (χ2n) is 10.6. The Morgan fingerprint density at radius 1 is 0.905 bits per heavy atom. The van der Waals surface area contributed by atoms with E-state index in [-0.39, 0.29) is 11.8 Å². The van der Waals surface area contributed by atoms with Crippen LogP contribution < -0.4 is 4.74 Å². The molecule has 0 aliphatic carbocycles. The number of rotatable bonds is 7. The lowest BCUT2D eigenvalue weighted by atomic mass is 9.87. The molecule has 0 radical (unpaired) electrons. The summed E-state index contributed by atoms with van der Waals surface area (Å²) in [5.74, 6) is 0.927. The van der Waals surface area contributed by atoms with Crippen molar-refractivity contribution < 1.29 is 23.5 Å². The summed E-state index contributed by atoms with van der Waals surface area (Å²) in [4.78, 5) is 38.6. The maximum atomic E-state index is 13.7. The average molecular weight is 578 g/mol. The minimum Gasteiger partial charge on any atom is -0.497 e. The summed E-state index contributed by atoms with van der Waals surface area (Å²) in [5, 5.41) is 0. The highest BCUT2D eigenvalue weighted by Crippen LogP contribution is 2.31. The molecule has 0 saturated carbocycles. The van der Waals surface area contributed by atoms with Gasteiger partial charge in [0.2, 0.25) is 0 Å². The summed E-state index contributed by atoms with van der Waals surface area (Å²) in [5.41, 5.74) is 4.35. The number of likely N-dealkylation sites (N-methyl/N-ethyl adjacent to an activating group) is 2. The van der Waals surface area contributed by atoms with Crippen LogP contribution in [0.4, 0.5) is 9.18 Å². The van der Waals surface area contributed by atoms with Crippen molar-refractivity contribution in [1.82, 2.24) is 14.7 Å². The van der Waals surface area contributed by atoms with E-state index in [1.54, 1.807) is 48.4 Å². The van der Waals surface area contributed by atoms with Crippen LogP contribution in [-0.2, 0) is 0 Å². The molecule has 1 fully saturated rings. The van der Waals surface area contributed by atoms with E-state index in [9.17, 15) is 18.8 Å². The third kappa shape index (κ3) is 11.1. The smallest absolute Gasteiger partial charge is 0.319 e. The van der Waals surface area contributed by atoms with Crippen LogP contribution in [0.3, 0.4) is 0 Å². The zero-order valence-electron chi connectivity index (χ0n) is 25.7. The van der Waals surface area contributed by atoms with Gasteiger partial charge in [0.25, 0.3) is 0 Å². The summed E-state index contributed by atoms with van der Waals surface area (Å²) >= 11 is 0. The van der Waals surface area contributed by atoms with E-state index in [0.29, 0.717) is 17.2 Å². The van der Waals surface area contributed by atoms with Crippen LogP contribution in [0.2, 0.25) is 0 Å². The lowest BCUT2D eigenvalue weighted by Gasteiger charge is -2.35. The van der Waals surface area contributed by atoms with Gasteiger partial charge in [-0.3, -0.25) is 9.59 Å². The molecule has 4 rings (SSSR count). The minimum absolute atomic E-state index is 0.0984. The first-order valence-electron chi connectivity index (χ1n) is 14.1. The Morgan fingerprint density at radius 3 is 2.05 bits per heavy atom. The van der Waals surface area contributed by atoms with Crippen molar-refractivity contribution in [3.63, 3.8) is 0 Å². The largest absolute Gasteiger partial charge is 0.497 e. The number of likely N-dealkylation sites (tertiary alicyclic amines) is 1. The fraction of sp³-hybridized carbons (Fsp3) is 0.382. The molecule has 0 bridgehead atoms. The topological polar surface area (TPSA) is 70.2 Å². The molecule has 226 valence electrons. The Balaban J connectivity index is 0.000000265. The molecular weight excluding hydrogens is 533 g/mol. The molecule has 0 atom stereocenters. The van der Waals surface area contributed by atoms with Crippen molar-refractivity contribution in [2.24, 2.45) is 0 Å². The van der Waals surface area contributed by atoms with Crippen molar-refractivity contribution in [2.45, 2.75) is 32.6 Å². The summed E-state index contributed by atoms with van der Waals surface area (Å²) in [6.07, 6.45) is 3.45. The fourth-order valence-corrected chi connectivity index (χ4v) is 4.59. The van der Waals surface area contributed by atoms with Gasteiger partial charge in [-0.15, -0.1) is 0 Å². The highest BCUT2D eigenvalue weighted by molar-refractivity contribution is 5.75. The zero-order chi connectivity index (χ0) is 31.1. The SMILES string of the molecule is COc1cccc(C=O)c1.Cc1c(F)cccc1C1CCN(C(=O)N(C)CCN(C)C)CC1.Cc1cccc(C=O)c1. The van der Waals surface area contributed by atoms with Crippen molar-refractivity contribution in [2.75, 3.05) is 54.4 Å². The molecule has 1 heterocycles. The molecule has 42 heavy (non-hydrogen) atoms. The zero-order valence-corrected chi connectivity index (χ0v) is 25.7. The number of hydrogen-bond donors (Lipinski definition) is 0. The van der Waals surface area contributed by atoms with E-state index in [1.807, 2.05) is 64.2 Å². The molecular formula is C34H44FN3O4. The maximum Gasteiger partial charge on any atom is 0.319 e. The molecule has 1 aliphatic rings. The number of aldehydes is 2. The Bertz CT molecular complexity index is 1290. The molecule has 0 N–H and O–H groups in total. The van der Waals surface area contributed by atoms with Crippen LogP contribution in [0, 0.1) is 19.7 Å². The summed E-state index contributed by atoms with van der Waals surface area (Å²) in [6, 6.07) is 19.9. The van der Waals surface area contributed by atoms with Gasteiger partial charge in [-0.25, -0.2) is 9.18 Å². The fourth-order valence-electron chi connectivity index (χ4n) is 4.59. The number of halogens is 1. The van der Waals surface area contributed by atoms with Crippen molar-refractivity contribution in [3.8, 4) is 5.75 Å². The lowest BCUT2D eigenvalue weighted by molar-refractivity contribution is 0.111. The molecule has 0 spiro atoms. The van der Waals surface area contributed by atoms with Crippen LogP contribution >= 0.6 is 0 Å². The van der Waals surface area contributed by atoms with Crippen molar-refractivity contribution >= 4 is 18.6 Å². The van der Waals surface area contributed by atoms with E-state index >= 15 is 0 Å². The van der Waals surface area contributed by atoms with Crippen LogP contribution in [0.5, 0.6) is 5.75 Å². The number of urea groups is 1. The number of benzene rings is 3. The molecule has 0 unspecified atom stereocenters. The first-order chi connectivity index (χ1) is 20.1. The second-order valence-corrected chi connectivity index (χ2v) is 10.6. The van der Waals surface area contributed by atoms with Crippen molar-refractivity contribution in [1.29, 1.82) is 0 Å². The molecule has 3 aromatic rings. The normalized spacial score (nSPS) is 12.8. The van der Waals surface area contributed by atoms with E-state index in [2.05, 4.69) is 4.90 Å². The Morgan fingerprint density at radius 2 is 1.50 bits per heavy atom. The van der Waals surface area contributed by atoms with Gasteiger partial charge in [0.1, 0.15) is 24.1 Å². The van der Waals surface area contributed by atoms with Gasteiger partial charge in [-0.2, -0.15) is 0 Å². The first kappa shape index (κ1) is 34.2. The van der Waals surface area contributed by atoms with Gasteiger partial charge in [-0.1, -0.05) is 48.0 Å². The van der Waals surface area contributed by atoms with Crippen molar-refractivity contribution in [3.05, 3.63) is 100 Å². The first-order valence-corrected chi connectivity index (χ1v) is 14.1. The van der Waals surface area contributed by atoms with Crippen LogP contribution in [0.1, 0.15) is 56.2 Å². The number of carbonyl (C=O) groups is 3. The number of ether oxygens (including phenoxy) is 1. The predicted octanol–water partition coefficient (Wildman–Crippen LogP) is 6.24. The van der Waals surface area contributed by atoms with Crippen LogP contribution in [-0.4, -0.2) is 87.7 Å². The van der Waals surface area contributed by atoms with Gasteiger partial charge in [0.05, 0.1) is 7.11 Å². The predicted molar refractivity (Wildman–Crippen MR) is 166 cm³/mol. The molecule has 3 aromatic carbocycles. The van der Waals surface area contributed by atoms with Gasteiger partial charge in [0, 0.05) is 44.4 Å². The summed E-state index contributed by atoms with van der Waals surface area (Å²) in [6.45, 7) is 6.89. The average Bonchev–Trinajstić information content (AvgIpc) is 3.01. The number of amides is 2. The Hall–Kier alpha value is -4.04. The molecule has 8 heteroatoms. The monoisotopic (exact) mass is 577 g/mol. The third-order valence-corrected chi connectivity index (χ3v) is 7.13. The highest BCUT2D eigenvalue weighted by Gasteiger charge is 2.26. The number of piperidine rings is 1. The number of aryl methyl sites for hydroxylation is 1. The standard InChI is InChI=1S/C18H28FN3O.C8H8O2.C8H8O/c1-14-16(6-5-7-17(14)19)15-8-10-22(11-9-15)18(23)21(4)13-12-20(2)3;1-10-8-4-2-3-7(5-8)6-9;1-7-3-2-4-8(5-7)6-9/h5-7,15H,8-13H2,1-4H3;2-6H,1H3;2-6H,1H3. The molecule has 7 nitrogen and oxygen atoms in total. The Kier molecular flexibility index (Phi) is 14.4. The highest BCUT2D eigenvalue weighted by atomic mass is 19.1. The van der Waals surface area contributed by atoms with Gasteiger partial charge >= 0.3 is 6.03 Å². The molecule has 1 saturated heterocycles. The van der Waals surface area contributed by atoms with E-state index in [1.165, 1.54) is 6.07 Å². The molecule has 2 amide bonds. The second kappa shape index (κ2) is 17.7. The molecule has 0 aromatic heterocycles. The van der Waals surface area contributed by atoms with E-state index in [4.69, 9.17) is 4.74 Å². The Labute approximate surface area is 249 Å². The number of carbonyl (C=O) groups excluding carboxylic acids is 3. The minimum atomic E-state index is -0.135. The third-order valence-electron chi connectivity index (χ3n) is 7.13. The maximum absolute atomic E-state index is 13.7. The quantitative estimate of drug-likeness (QED) is 0.311. The van der Waals surface area contributed by atoms with Gasteiger partial charge < -0.3 is 19.4 Å². The van der Waals surface area contributed by atoms with Gasteiger partial charge in [-0.05, 0) is 82.1 Å². The van der Waals surface area contributed by atoms with Crippen LogP contribution in [0.15, 0.2) is 66.7 Å². The lowest BCUT2D eigenvalue weighted by Crippen LogP contribution is -2.46. The molecule has 1 aliphatic heterocycles. The van der Waals surface area contributed by atoms with Crippen LogP contribution in [0.25, 0.3) is 0 Å². The number of methoxy groups -OCH3 is 1.